The third kappa shape index (κ3) is 2.96. The summed E-state index contributed by atoms with van der Waals surface area (Å²) >= 11 is 6.58. The number of allylic oxidation sites excluding steroid dienone is 1. The van der Waals surface area contributed by atoms with Crippen LogP contribution in [0.5, 0.6) is 0 Å². The Bertz CT molecular complexity index is 1120. The van der Waals surface area contributed by atoms with Gasteiger partial charge in [0, 0.05) is 33.1 Å². The van der Waals surface area contributed by atoms with Crippen LogP contribution in [0.2, 0.25) is 0 Å². The molecule has 3 heterocycles. The molecule has 0 amide bonds. The molecule has 0 radical (unpaired) electrons. The number of ether oxygens (including phenoxy) is 2. The fourth-order valence-corrected chi connectivity index (χ4v) is 8.33. The Morgan fingerprint density at radius 2 is 2.03 bits per heavy atom. The van der Waals surface area contributed by atoms with E-state index in [1.807, 2.05) is 19.4 Å². The maximum absolute atomic E-state index is 6.58. The van der Waals surface area contributed by atoms with Crippen LogP contribution in [0.3, 0.4) is 0 Å². The van der Waals surface area contributed by atoms with Gasteiger partial charge in [0.15, 0.2) is 5.82 Å². The topological polar surface area (TPSA) is 62.8 Å². The second-order valence-corrected chi connectivity index (χ2v) is 11.7. The lowest BCUT2D eigenvalue weighted by atomic mass is 9.50. The largest absolute Gasteiger partial charge is 0.378 e. The summed E-state index contributed by atoms with van der Waals surface area (Å²) in [4.78, 5) is 14.3. The zero-order chi connectivity index (χ0) is 23.2. The van der Waals surface area contributed by atoms with Gasteiger partial charge in [0.25, 0.3) is 0 Å². The number of nitrogens with zero attached hydrogens (tertiary/aromatic N) is 4. The fraction of sp³-hybridized carbons (Fsp3) is 0.615. The standard InChI is InChI=1S/C26H32ClN5O2/c1-15-31(2)21-13-28-24(29-20-7-18-4-5-34-22(18)8-19(20)27)30-23(21)32(15)25-9-16-6-17(10-25)12-26(11-16,14-25)33-3/h7-8,13,16-18,22H,1,4-6,9-12,14H2,2-3H3,(H,28,29,30). The molecule has 1 N–H and O–H groups in total. The summed E-state index contributed by atoms with van der Waals surface area (Å²) in [5.74, 6) is 4.25. The molecule has 8 rings (SSSR count). The molecule has 2 aliphatic heterocycles. The molecule has 1 aromatic rings. The molecule has 34 heavy (non-hydrogen) atoms. The van der Waals surface area contributed by atoms with Gasteiger partial charge in [-0.15, -0.1) is 0 Å². The monoisotopic (exact) mass is 481 g/mol. The molecule has 4 saturated carbocycles. The van der Waals surface area contributed by atoms with Gasteiger partial charge < -0.3 is 24.6 Å². The first-order chi connectivity index (χ1) is 16.4. The van der Waals surface area contributed by atoms with Crippen LogP contribution >= 0.6 is 11.6 Å². The van der Waals surface area contributed by atoms with Gasteiger partial charge in [0.2, 0.25) is 5.95 Å². The highest BCUT2D eigenvalue weighted by molar-refractivity contribution is 6.32. The second kappa shape index (κ2) is 7.21. The zero-order valence-corrected chi connectivity index (χ0v) is 20.6. The van der Waals surface area contributed by atoms with E-state index in [0.717, 1.165) is 42.5 Å². The molecule has 7 aliphatic rings. The van der Waals surface area contributed by atoms with Crippen LogP contribution < -0.4 is 15.1 Å². The van der Waals surface area contributed by atoms with Crippen LogP contribution in [-0.2, 0) is 9.47 Å². The highest BCUT2D eigenvalue weighted by atomic mass is 35.5. The van der Waals surface area contributed by atoms with Crippen molar-refractivity contribution in [3.05, 3.63) is 41.5 Å². The molecule has 4 unspecified atom stereocenters. The van der Waals surface area contributed by atoms with Gasteiger partial charge in [0.05, 0.1) is 34.2 Å². The van der Waals surface area contributed by atoms with Gasteiger partial charge in [-0.3, -0.25) is 0 Å². The number of halogens is 1. The second-order valence-electron chi connectivity index (χ2n) is 11.3. The first kappa shape index (κ1) is 21.2. The van der Waals surface area contributed by atoms with Crippen molar-refractivity contribution in [2.24, 2.45) is 17.8 Å². The molecule has 5 aliphatic carbocycles. The molecule has 4 atom stereocenters. The van der Waals surface area contributed by atoms with Crippen LogP contribution in [0.1, 0.15) is 44.9 Å². The van der Waals surface area contributed by atoms with E-state index in [-0.39, 0.29) is 17.2 Å². The Kier molecular flexibility index (Phi) is 4.50. The highest BCUT2D eigenvalue weighted by Gasteiger charge is 2.62. The summed E-state index contributed by atoms with van der Waals surface area (Å²) in [6, 6.07) is 0. The average Bonchev–Trinajstić information content (AvgIpc) is 3.35. The maximum atomic E-state index is 6.58. The third-order valence-corrected chi connectivity index (χ3v) is 9.56. The van der Waals surface area contributed by atoms with E-state index in [1.165, 1.54) is 32.1 Å². The lowest BCUT2D eigenvalue weighted by molar-refractivity contribution is -0.153. The number of methoxy groups -OCH3 is 1. The van der Waals surface area contributed by atoms with Crippen molar-refractivity contribution in [1.82, 2.24) is 9.97 Å². The third-order valence-electron chi connectivity index (χ3n) is 9.23. The van der Waals surface area contributed by atoms with Gasteiger partial charge in [0.1, 0.15) is 11.5 Å². The lowest BCUT2D eigenvalue weighted by Crippen LogP contribution is -2.66. The fourth-order valence-electron chi connectivity index (χ4n) is 8.10. The number of rotatable bonds is 4. The number of hydrogen-bond donors (Lipinski definition) is 1. The van der Waals surface area contributed by atoms with Gasteiger partial charge in [-0.1, -0.05) is 24.3 Å². The van der Waals surface area contributed by atoms with Crippen molar-refractivity contribution in [2.75, 3.05) is 35.9 Å². The molecule has 0 aromatic carbocycles. The Labute approximate surface area is 205 Å². The van der Waals surface area contributed by atoms with Crippen molar-refractivity contribution >= 4 is 29.1 Å². The lowest BCUT2D eigenvalue weighted by Gasteiger charge is -2.63. The summed E-state index contributed by atoms with van der Waals surface area (Å²) in [6.45, 7) is 5.27. The normalized spacial score (nSPS) is 39.8. The summed E-state index contributed by atoms with van der Waals surface area (Å²) in [5.41, 5.74) is 1.85. The summed E-state index contributed by atoms with van der Waals surface area (Å²) < 4.78 is 12.0. The molecule has 8 heteroatoms. The summed E-state index contributed by atoms with van der Waals surface area (Å²) in [7, 11) is 3.97. The quantitative estimate of drug-likeness (QED) is 0.664. The van der Waals surface area contributed by atoms with E-state index >= 15 is 0 Å². The van der Waals surface area contributed by atoms with E-state index in [4.69, 9.17) is 26.1 Å². The molecule has 4 bridgehead atoms. The van der Waals surface area contributed by atoms with Gasteiger partial charge in [-0.25, -0.2) is 4.98 Å². The Morgan fingerprint density at radius 3 is 2.79 bits per heavy atom. The van der Waals surface area contributed by atoms with E-state index in [2.05, 4.69) is 39.8 Å². The van der Waals surface area contributed by atoms with Crippen molar-refractivity contribution < 1.29 is 9.47 Å². The van der Waals surface area contributed by atoms with Crippen molar-refractivity contribution in [3.63, 3.8) is 0 Å². The maximum Gasteiger partial charge on any atom is 0.229 e. The molecular weight excluding hydrogens is 450 g/mol. The highest BCUT2D eigenvalue weighted by Crippen LogP contribution is 2.63. The average molecular weight is 482 g/mol. The summed E-state index contributed by atoms with van der Waals surface area (Å²) in [6.07, 6.45) is 14.2. The van der Waals surface area contributed by atoms with Crippen LogP contribution in [0.4, 0.5) is 17.5 Å². The SMILES string of the molecule is C=C1N(C)c2cnc(NC3=CC4CCOC4C=C3Cl)nc2N1C12CC3CC(CC(OC)(C3)C1)C2. The van der Waals surface area contributed by atoms with E-state index < -0.39 is 0 Å². The molecule has 7 nitrogen and oxygen atoms in total. The first-order valence-electron chi connectivity index (χ1n) is 12.5. The van der Waals surface area contributed by atoms with Crippen molar-refractivity contribution in [3.8, 4) is 0 Å². The minimum atomic E-state index is -0.00901. The Balaban J connectivity index is 1.24. The van der Waals surface area contributed by atoms with Gasteiger partial charge in [-0.2, -0.15) is 4.98 Å². The number of fused-ring (bicyclic) bond motifs is 2. The van der Waals surface area contributed by atoms with Gasteiger partial charge >= 0.3 is 0 Å². The van der Waals surface area contributed by atoms with Crippen molar-refractivity contribution in [2.45, 2.75) is 62.2 Å². The molecule has 180 valence electrons. The first-order valence-corrected chi connectivity index (χ1v) is 12.9. The predicted molar refractivity (Wildman–Crippen MR) is 133 cm³/mol. The minimum Gasteiger partial charge on any atom is -0.378 e. The predicted octanol–water partition coefficient (Wildman–Crippen LogP) is 4.78. The van der Waals surface area contributed by atoms with Crippen LogP contribution in [0.15, 0.2) is 41.5 Å². The van der Waals surface area contributed by atoms with E-state index in [1.54, 1.807) is 0 Å². The Hall–Kier alpha value is -2.09. The number of nitrogens with one attached hydrogen (secondary N) is 1. The van der Waals surface area contributed by atoms with E-state index in [9.17, 15) is 0 Å². The smallest absolute Gasteiger partial charge is 0.229 e. The molecular formula is C26H32ClN5O2. The number of hydrogen-bond acceptors (Lipinski definition) is 7. The van der Waals surface area contributed by atoms with Crippen LogP contribution in [0.25, 0.3) is 0 Å². The minimum absolute atomic E-state index is 0.00162. The van der Waals surface area contributed by atoms with Crippen molar-refractivity contribution in [1.29, 1.82) is 0 Å². The van der Waals surface area contributed by atoms with E-state index in [0.29, 0.717) is 28.7 Å². The molecule has 1 saturated heterocycles. The number of aromatic nitrogens is 2. The van der Waals surface area contributed by atoms with Crippen LogP contribution in [0, 0.1) is 17.8 Å². The van der Waals surface area contributed by atoms with Crippen LogP contribution in [-0.4, -0.2) is 48.0 Å². The molecule has 0 spiro atoms. The Morgan fingerprint density at radius 1 is 1.24 bits per heavy atom. The molecule has 1 aromatic heterocycles. The summed E-state index contributed by atoms with van der Waals surface area (Å²) in [5, 5.41) is 4.06. The number of anilines is 3. The molecule has 5 fully saturated rings. The van der Waals surface area contributed by atoms with Gasteiger partial charge in [-0.05, 0) is 56.4 Å². The zero-order valence-electron chi connectivity index (χ0n) is 19.9.